The van der Waals surface area contributed by atoms with Gasteiger partial charge in [0, 0.05) is 11.6 Å². The van der Waals surface area contributed by atoms with Crippen molar-refractivity contribution >= 4 is 6.21 Å². The molecular formula is C23H33N. The van der Waals surface area contributed by atoms with Crippen LogP contribution in [0.25, 0.3) is 0 Å². The third-order valence-electron chi connectivity index (χ3n) is 5.16. The van der Waals surface area contributed by atoms with E-state index in [-0.39, 0.29) is 11.5 Å². The van der Waals surface area contributed by atoms with Crippen LogP contribution < -0.4 is 0 Å². The van der Waals surface area contributed by atoms with Crippen LogP contribution in [0.5, 0.6) is 0 Å². The van der Waals surface area contributed by atoms with E-state index in [0.717, 1.165) is 32.1 Å². The van der Waals surface area contributed by atoms with Gasteiger partial charge in [-0.15, -0.1) is 0 Å². The second kappa shape index (κ2) is 10.3. The molecule has 2 rings (SSSR count). The second-order valence-corrected chi connectivity index (χ2v) is 6.98. The molecule has 0 fully saturated rings. The van der Waals surface area contributed by atoms with Gasteiger partial charge in [0.15, 0.2) is 0 Å². The highest BCUT2D eigenvalue weighted by molar-refractivity contribution is 5.66. The first-order chi connectivity index (χ1) is 11.8. The second-order valence-electron chi connectivity index (χ2n) is 6.98. The Morgan fingerprint density at radius 1 is 1.00 bits per heavy atom. The molecule has 0 aliphatic carbocycles. The number of rotatable bonds is 5. The van der Waals surface area contributed by atoms with Crippen LogP contribution in [-0.2, 0) is 0 Å². The Bertz CT molecular complexity index is 540. The van der Waals surface area contributed by atoms with E-state index < -0.39 is 0 Å². The van der Waals surface area contributed by atoms with Gasteiger partial charge in [-0.1, -0.05) is 81.3 Å². The van der Waals surface area contributed by atoms with Crippen LogP contribution in [0.3, 0.4) is 0 Å². The van der Waals surface area contributed by atoms with Crippen molar-refractivity contribution in [2.75, 3.05) is 0 Å². The first-order valence-corrected chi connectivity index (χ1v) is 9.69. The van der Waals surface area contributed by atoms with E-state index >= 15 is 0 Å². The van der Waals surface area contributed by atoms with Crippen LogP contribution in [0.4, 0.5) is 0 Å². The van der Waals surface area contributed by atoms with Gasteiger partial charge in [0.2, 0.25) is 0 Å². The average molecular weight is 324 g/mol. The van der Waals surface area contributed by atoms with Gasteiger partial charge in [0.05, 0.1) is 6.04 Å². The highest BCUT2D eigenvalue weighted by atomic mass is 14.8. The SMILES string of the molecule is CCCCC1(CC)C=NC(c2ccccc2)CC=CCCC=CC1. The number of allylic oxidation sites excluding steroid dienone is 3. The molecule has 0 radical (unpaired) electrons. The molecule has 1 aliphatic heterocycles. The summed E-state index contributed by atoms with van der Waals surface area (Å²) in [4.78, 5) is 5.09. The zero-order valence-corrected chi connectivity index (χ0v) is 15.5. The van der Waals surface area contributed by atoms with Crippen molar-refractivity contribution in [3.05, 3.63) is 60.2 Å². The summed E-state index contributed by atoms with van der Waals surface area (Å²) in [6.07, 6.45) is 21.0. The molecule has 0 saturated carbocycles. The Kier molecular flexibility index (Phi) is 8.01. The van der Waals surface area contributed by atoms with Crippen LogP contribution in [0.1, 0.15) is 76.8 Å². The minimum Gasteiger partial charge on any atom is -0.289 e. The maximum absolute atomic E-state index is 5.09. The van der Waals surface area contributed by atoms with Gasteiger partial charge >= 0.3 is 0 Å². The van der Waals surface area contributed by atoms with Gasteiger partial charge in [0.1, 0.15) is 0 Å². The molecule has 1 nitrogen and oxygen atoms in total. The lowest BCUT2D eigenvalue weighted by Gasteiger charge is -2.28. The smallest absolute Gasteiger partial charge is 0.0779 e. The summed E-state index contributed by atoms with van der Waals surface area (Å²) in [5.74, 6) is 0. The summed E-state index contributed by atoms with van der Waals surface area (Å²) >= 11 is 0. The van der Waals surface area contributed by atoms with E-state index in [4.69, 9.17) is 4.99 Å². The molecule has 0 N–H and O–H groups in total. The summed E-state index contributed by atoms with van der Waals surface area (Å²) in [7, 11) is 0. The van der Waals surface area contributed by atoms with Crippen LogP contribution >= 0.6 is 0 Å². The van der Waals surface area contributed by atoms with Gasteiger partial charge in [-0.05, 0) is 44.1 Å². The third kappa shape index (κ3) is 5.78. The molecule has 1 aromatic carbocycles. The monoisotopic (exact) mass is 323 g/mol. The number of unbranched alkanes of at least 4 members (excludes halogenated alkanes) is 1. The quantitative estimate of drug-likeness (QED) is 0.514. The number of hydrogen-bond donors (Lipinski definition) is 0. The molecule has 2 unspecified atom stereocenters. The highest BCUT2D eigenvalue weighted by Gasteiger charge is 2.24. The Morgan fingerprint density at radius 3 is 2.46 bits per heavy atom. The first kappa shape index (κ1) is 18.7. The Morgan fingerprint density at radius 2 is 1.75 bits per heavy atom. The fraction of sp³-hybridized carbons (Fsp3) is 0.522. The first-order valence-electron chi connectivity index (χ1n) is 9.69. The van der Waals surface area contributed by atoms with E-state index in [1.54, 1.807) is 0 Å². The van der Waals surface area contributed by atoms with E-state index in [2.05, 4.69) is 74.7 Å². The van der Waals surface area contributed by atoms with Crippen molar-refractivity contribution in [1.82, 2.24) is 0 Å². The van der Waals surface area contributed by atoms with Crippen molar-refractivity contribution in [3.63, 3.8) is 0 Å². The number of hydrogen-bond acceptors (Lipinski definition) is 1. The predicted molar refractivity (Wildman–Crippen MR) is 107 cm³/mol. The molecule has 130 valence electrons. The van der Waals surface area contributed by atoms with Crippen molar-refractivity contribution in [2.45, 2.75) is 71.3 Å². The standard InChI is InChI=1S/C23H33N/c1-3-5-18-23(4-2)19-14-9-7-6-8-13-17-22(24-20-23)21-15-11-10-12-16-21/h8-16,20,22H,3-7,17-19H2,1-2H3. The molecule has 0 amide bonds. The molecule has 0 aromatic heterocycles. The maximum atomic E-state index is 5.09. The zero-order chi connectivity index (χ0) is 17.1. The minimum atomic E-state index is 0.225. The molecule has 1 heterocycles. The normalized spacial score (nSPS) is 25.2. The molecule has 1 aliphatic rings. The third-order valence-corrected chi connectivity index (χ3v) is 5.16. The van der Waals surface area contributed by atoms with Crippen molar-refractivity contribution < 1.29 is 0 Å². The van der Waals surface area contributed by atoms with Gasteiger partial charge in [0.25, 0.3) is 0 Å². The largest absolute Gasteiger partial charge is 0.289 e. The topological polar surface area (TPSA) is 12.4 Å². The molecule has 2 atom stereocenters. The Hall–Kier alpha value is -1.63. The van der Waals surface area contributed by atoms with E-state index in [9.17, 15) is 0 Å². The van der Waals surface area contributed by atoms with Crippen LogP contribution in [0.15, 0.2) is 59.6 Å². The maximum Gasteiger partial charge on any atom is 0.0779 e. The number of aliphatic imine (C=N–C) groups is 1. The average Bonchev–Trinajstić information content (AvgIpc) is 2.62. The van der Waals surface area contributed by atoms with Crippen molar-refractivity contribution in [1.29, 1.82) is 0 Å². The Labute approximate surface area is 148 Å². The van der Waals surface area contributed by atoms with Gasteiger partial charge in [-0.2, -0.15) is 0 Å². The minimum absolute atomic E-state index is 0.225. The van der Waals surface area contributed by atoms with Crippen molar-refractivity contribution in [3.8, 4) is 0 Å². The van der Waals surface area contributed by atoms with Gasteiger partial charge in [-0.3, -0.25) is 4.99 Å². The molecule has 0 spiro atoms. The van der Waals surface area contributed by atoms with Crippen LogP contribution in [-0.4, -0.2) is 6.21 Å². The number of benzene rings is 1. The molecule has 0 saturated heterocycles. The molecule has 0 bridgehead atoms. The van der Waals surface area contributed by atoms with Gasteiger partial charge in [-0.25, -0.2) is 0 Å². The summed E-state index contributed by atoms with van der Waals surface area (Å²) in [6.45, 7) is 4.60. The van der Waals surface area contributed by atoms with E-state index in [1.165, 1.54) is 24.8 Å². The zero-order valence-electron chi connectivity index (χ0n) is 15.5. The summed E-state index contributed by atoms with van der Waals surface area (Å²) in [5.41, 5.74) is 1.55. The molecule has 1 heteroatoms. The fourth-order valence-corrected chi connectivity index (χ4v) is 3.34. The lowest BCUT2D eigenvalue weighted by atomic mass is 9.78. The fourth-order valence-electron chi connectivity index (χ4n) is 3.34. The summed E-state index contributed by atoms with van der Waals surface area (Å²) in [5, 5.41) is 0. The van der Waals surface area contributed by atoms with Crippen molar-refractivity contribution in [2.24, 2.45) is 10.4 Å². The summed E-state index contributed by atoms with van der Waals surface area (Å²) in [6, 6.07) is 11.0. The molecule has 1 aromatic rings. The molecular weight excluding hydrogens is 290 g/mol. The molecule has 24 heavy (non-hydrogen) atoms. The Balaban J connectivity index is 2.28. The van der Waals surface area contributed by atoms with E-state index in [1.807, 2.05) is 0 Å². The van der Waals surface area contributed by atoms with Crippen LogP contribution in [0.2, 0.25) is 0 Å². The lowest BCUT2D eigenvalue weighted by molar-refractivity contribution is 0.369. The summed E-state index contributed by atoms with van der Waals surface area (Å²) < 4.78 is 0. The predicted octanol–water partition coefficient (Wildman–Crippen LogP) is 7.07. The lowest BCUT2D eigenvalue weighted by Crippen LogP contribution is -2.21. The van der Waals surface area contributed by atoms with Crippen LogP contribution in [0, 0.1) is 5.41 Å². The number of nitrogens with zero attached hydrogens (tertiary/aromatic N) is 1. The van der Waals surface area contributed by atoms with Gasteiger partial charge < -0.3 is 0 Å². The highest BCUT2D eigenvalue weighted by Crippen LogP contribution is 2.33. The van der Waals surface area contributed by atoms with E-state index in [0.29, 0.717) is 0 Å².